The summed E-state index contributed by atoms with van der Waals surface area (Å²) in [5, 5.41) is 3.44. The van der Waals surface area contributed by atoms with Gasteiger partial charge in [0.05, 0.1) is 5.69 Å². The number of pyridine rings is 1. The van der Waals surface area contributed by atoms with Crippen LogP contribution in [0.1, 0.15) is 38.9 Å². The van der Waals surface area contributed by atoms with Gasteiger partial charge in [-0.2, -0.15) is 0 Å². The number of nitrogens with zero attached hydrogens (tertiary/aromatic N) is 1. The fourth-order valence-corrected chi connectivity index (χ4v) is 1.55. The van der Waals surface area contributed by atoms with Crippen molar-refractivity contribution in [2.45, 2.75) is 33.2 Å². The molecule has 0 spiro atoms. The maximum Gasteiger partial charge on any atom is 0.0570 e. The first-order valence-corrected chi connectivity index (χ1v) is 6.42. The van der Waals surface area contributed by atoms with E-state index in [4.69, 9.17) is 4.74 Å². The molecule has 0 bridgehead atoms. The van der Waals surface area contributed by atoms with Gasteiger partial charge >= 0.3 is 0 Å². The van der Waals surface area contributed by atoms with Crippen LogP contribution in [0.4, 0.5) is 0 Å². The number of rotatable bonds is 8. The summed E-state index contributed by atoms with van der Waals surface area (Å²) < 4.78 is 5.53. The van der Waals surface area contributed by atoms with E-state index in [9.17, 15) is 0 Å². The van der Waals surface area contributed by atoms with Crippen molar-refractivity contribution in [1.29, 1.82) is 0 Å². The Labute approximate surface area is 105 Å². The summed E-state index contributed by atoms with van der Waals surface area (Å²) in [7, 11) is 0. The van der Waals surface area contributed by atoms with Crippen LogP contribution >= 0.6 is 0 Å². The molecule has 0 saturated heterocycles. The Morgan fingerprint density at radius 3 is 2.76 bits per heavy atom. The highest BCUT2D eigenvalue weighted by Crippen LogP contribution is 2.07. The molecule has 3 heteroatoms. The second-order valence-electron chi connectivity index (χ2n) is 4.75. The van der Waals surface area contributed by atoms with E-state index in [1.54, 1.807) is 0 Å². The standard InChI is InChI=1S/C14H24N2O/c1-12(2)11-17-10-6-9-15-13(3)14-7-4-5-8-16-14/h4-5,7-8,12-13,15H,6,9-11H2,1-3H3. The van der Waals surface area contributed by atoms with Crippen molar-refractivity contribution in [3.63, 3.8) is 0 Å². The van der Waals surface area contributed by atoms with Crippen molar-refractivity contribution in [3.8, 4) is 0 Å². The lowest BCUT2D eigenvalue weighted by molar-refractivity contribution is 0.107. The highest BCUT2D eigenvalue weighted by Gasteiger charge is 2.04. The van der Waals surface area contributed by atoms with Gasteiger partial charge in [-0.15, -0.1) is 0 Å². The lowest BCUT2D eigenvalue weighted by Crippen LogP contribution is -2.21. The third kappa shape index (κ3) is 6.39. The predicted octanol–water partition coefficient (Wildman–Crippen LogP) is 2.79. The van der Waals surface area contributed by atoms with E-state index in [0.717, 1.165) is 31.9 Å². The Balaban J connectivity index is 2.07. The van der Waals surface area contributed by atoms with E-state index in [2.05, 4.69) is 31.1 Å². The predicted molar refractivity (Wildman–Crippen MR) is 70.9 cm³/mol. The van der Waals surface area contributed by atoms with Crippen molar-refractivity contribution in [2.75, 3.05) is 19.8 Å². The normalized spacial score (nSPS) is 12.9. The highest BCUT2D eigenvalue weighted by molar-refractivity contribution is 5.07. The van der Waals surface area contributed by atoms with E-state index in [-0.39, 0.29) is 0 Å². The smallest absolute Gasteiger partial charge is 0.0570 e. The van der Waals surface area contributed by atoms with E-state index in [1.807, 2.05) is 24.4 Å². The van der Waals surface area contributed by atoms with E-state index < -0.39 is 0 Å². The Morgan fingerprint density at radius 2 is 2.12 bits per heavy atom. The first-order chi connectivity index (χ1) is 8.20. The van der Waals surface area contributed by atoms with E-state index in [0.29, 0.717) is 12.0 Å². The highest BCUT2D eigenvalue weighted by atomic mass is 16.5. The van der Waals surface area contributed by atoms with Crippen LogP contribution in [-0.4, -0.2) is 24.7 Å². The maximum atomic E-state index is 5.53. The molecule has 0 radical (unpaired) electrons. The monoisotopic (exact) mass is 236 g/mol. The molecule has 0 aliphatic carbocycles. The van der Waals surface area contributed by atoms with Crippen molar-refractivity contribution in [3.05, 3.63) is 30.1 Å². The minimum atomic E-state index is 0.307. The first kappa shape index (κ1) is 14.1. The van der Waals surface area contributed by atoms with Gasteiger partial charge in [-0.05, 0) is 37.9 Å². The first-order valence-electron chi connectivity index (χ1n) is 6.42. The van der Waals surface area contributed by atoms with Crippen LogP contribution in [0.25, 0.3) is 0 Å². The Bertz CT molecular complexity index is 288. The largest absolute Gasteiger partial charge is 0.381 e. The van der Waals surface area contributed by atoms with Crippen LogP contribution in [0, 0.1) is 5.92 Å². The van der Waals surface area contributed by atoms with Crippen LogP contribution in [-0.2, 0) is 4.74 Å². The quantitative estimate of drug-likeness (QED) is 0.705. The number of hydrogen-bond donors (Lipinski definition) is 1. The zero-order valence-corrected chi connectivity index (χ0v) is 11.1. The molecule has 0 aliphatic rings. The van der Waals surface area contributed by atoms with Crippen molar-refractivity contribution < 1.29 is 4.74 Å². The minimum Gasteiger partial charge on any atom is -0.381 e. The molecule has 0 fully saturated rings. The van der Waals surface area contributed by atoms with Crippen LogP contribution in [0.15, 0.2) is 24.4 Å². The molecule has 1 unspecified atom stereocenters. The fraction of sp³-hybridized carbons (Fsp3) is 0.643. The molecule has 1 heterocycles. The molecular weight excluding hydrogens is 212 g/mol. The second kappa shape index (κ2) is 8.20. The van der Waals surface area contributed by atoms with Crippen LogP contribution < -0.4 is 5.32 Å². The fourth-order valence-electron chi connectivity index (χ4n) is 1.55. The molecule has 0 saturated carbocycles. The van der Waals surface area contributed by atoms with Gasteiger partial charge < -0.3 is 10.1 Å². The third-order valence-electron chi connectivity index (χ3n) is 2.50. The Hall–Kier alpha value is -0.930. The topological polar surface area (TPSA) is 34.1 Å². The SMILES string of the molecule is CC(C)COCCCNC(C)c1ccccn1. The summed E-state index contributed by atoms with van der Waals surface area (Å²) in [6.45, 7) is 9.13. The van der Waals surface area contributed by atoms with Gasteiger partial charge in [0.25, 0.3) is 0 Å². The number of aromatic nitrogens is 1. The second-order valence-corrected chi connectivity index (χ2v) is 4.75. The van der Waals surface area contributed by atoms with Crippen LogP contribution in [0.5, 0.6) is 0 Å². The summed E-state index contributed by atoms with van der Waals surface area (Å²) in [6, 6.07) is 6.32. The molecule has 17 heavy (non-hydrogen) atoms. The summed E-state index contributed by atoms with van der Waals surface area (Å²) in [6.07, 6.45) is 2.88. The summed E-state index contributed by atoms with van der Waals surface area (Å²) in [5.41, 5.74) is 1.09. The molecule has 96 valence electrons. The van der Waals surface area contributed by atoms with Gasteiger partial charge in [-0.1, -0.05) is 19.9 Å². The molecule has 0 aliphatic heterocycles. The molecule has 1 aromatic heterocycles. The summed E-state index contributed by atoms with van der Waals surface area (Å²) in [5.74, 6) is 0.621. The minimum absolute atomic E-state index is 0.307. The van der Waals surface area contributed by atoms with Gasteiger partial charge in [-0.3, -0.25) is 4.98 Å². The number of ether oxygens (including phenoxy) is 1. The van der Waals surface area contributed by atoms with E-state index in [1.165, 1.54) is 0 Å². The maximum absolute atomic E-state index is 5.53. The summed E-state index contributed by atoms with van der Waals surface area (Å²) in [4.78, 5) is 4.32. The van der Waals surface area contributed by atoms with Gasteiger partial charge in [0.2, 0.25) is 0 Å². The summed E-state index contributed by atoms with van der Waals surface area (Å²) >= 11 is 0. The Kier molecular flexibility index (Phi) is 6.82. The zero-order chi connectivity index (χ0) is 12.5. The molecule has 1 aromatic rings. The van der Waals surface area contributed by atoms with Crippen LogP contribution in [0.2, 0.25) is 0 Å². The van der Waals surface area contributed by atoms with Gasteiger partial charge in [0, 0.05) is 25.5 Å². The van der Waals surface area contributed by atoms with Gasteiger partial charge in [-0.25, -0.2) is 0 Å². The Morgan fingerprint density at radius 1 is 1.29 bits per heavy atom. The molecule has 3 nitrogen and oxygen atoms in total. The third-order valence-corrected chi connectivity index (χ3v) is 2.50. The molecule has 0 amide bonds. The van der Waals surface area contributed by atoms with Crippen molar-refractivity contribution in [2.24, 2.45) is 5.92 Å². The lowest BCUT2D eigenvalue weighted by Gasteiger charge is -2.13. The van der Waals surface area contributed by atoms with Crippen LogP contribution in [0.3, 0.4) is 0 Å². The molecule has 1 atom stereocenters. The molecule has 0 aromatic carbocycles. The zero-order valence-electron chi connectivity index (χ0n) is 11.1. The van der Waals surface area contributed by atoms with Gasteiger partial charge in [0.15, 0.2) is 0 Å². The molecule has 1 N–H and O–H groups in total. The van der Waals surface area contributed by atoms with Crippen molar-refractivity contribution >= 4 is 0 Å². The number of hydrogen-bond acceptors (Lipinski definition) is 3. The average Bonchev–Trinajstić information content (AvgIpc) is 2.34. The molecule has 1 rings (SSSR count). The van der Waals surface area contributed by atoms with Gasteiger partial charge in [0.1, 0.15) is 0 Å². The average molecular weight is 236 g/mol. The van der Waals surface area contributed by atoms with Crippen molar-refractivity contribution in [1.82, 2.24) is 10.3 Å². The number of nitrogens with one attached hydrogen (secondary N) is 1. The molecular formula is C14H24N2O. The lowest BCUT2D eigenvalue weighted by atomic mass is 10.2. The van der Waals surface area contributed by atoms with E-state index >= 15 is 0 Å².